The van der Waals surface area contributed by atoms with Crippen LogP contribution in [-0.2, 0) is 0 Å². The lowest BCUT2D eigenvalue weighted by Gasteiger charge is -2.16. The van der Waals surface area contributed by atoms with E-state index >= 15 is 0 Å². The zero-order valence-corrected chi connectivity index (χ0v) is 12.4. The van der Waals surface area contributed by atoms with Gasteiger partial charge in [-0.2, -0.15) is 0 Å². The van der Waals surface area contributed by atoms with Crippen LogP contribution in [0.4, 0.5) is 0 Å². The Morgan fingerprint density at radius 1 is 1.30 bits per heavy atom. The van der Waals surface area contributed by atoms with Crippen LogP contribution in [0.25, 0.3) is 11.1 Å². The Bertz CT molecular complexity index is 835. The maximum absolute atomic E-state index is 11.2. The van der Waals surface area contributed by atoms with Gasteiger partial charge in [-0.25, -0.2) is 4.79 Å². The van der Waals surface area contributed by atoms with Gasteiger partial charge in [0.1, 0.15) is 0 Å². The molecule has 4 nitrogen and oxygen atoms in total. The van der Waals surface area contributed by atoms with E-state index in [4.69, 9.17) is 10.2 Å². The van der Waals surface area contributed by atoms with Crippen LogP contribution in [0, 0.1) is 6.92 Å². The van der Waals surface area contributed by atoms with Crippen molar-refractivity contribution in [2.45, 2.75) is 13.0 Å². The molecule has 20 heavy (non-hydrogen) atoms. The second-order valence-electron chi connectivity index (χ2n) is 4.70. The maximum Gasteiger partial charge on any atom is 0.417 e. The van der Waals surface area contributed by atoms with Gasteiger partial charge in [0.25, 0.3) is 0 Å². The van der Waals surface area contributed by atoms with E-state index < -0.39 is 5.76 Å². The highest BCUT2D eigenvalue weighted by molar-refractivity contribution is 9.10. The Labute approximate surface area is 123 Å². The summed E-state index contributed by atoms with van der Waals surface area (Å²) in [6.07, 6.45) is 0. The molecule has 1 heterocycles. The minimum Gasteiger partial charge on any atom is -0.408 e. The average molecular weight is 333 g/mol. The van der Waals surface area contributed by atoms with Crippen molar-refractivity contribution in [3.05, 3.63) is 68.1 Å². The summed E-state index contributed by atoms with van der Waals surface area (Å²) in [7, 11) is 0. The number of halogens is 1. The lowest BCUT2D eigenvalue weighted by atomic mass is 9.96. The van der Waals surface area contributed by atoms with Gasteiger partial charge in [-0.15, -0.1) is 0 Å². The molecule has 5 heteroatoms. The fourth-order valence-electron chi connectivity index (χ4n) is 2.30. The quantitative estimate of drug-likeness (QED) is 0.756. The highest BCUT2D eigenvalue weighted by Crippen LogP contribution is 2.28. The Morgan fingerprint density at radius 2 is 2.10 bits per heavy atom. The molecule has 0 amide bonds. The summed E-state index contributed by atoms with van der Waals surface area (Å²) < 4.78 is 6.10. The number of fused-ring (bicyclic) bond motifs is 1. The minimum absolute atomic E-state index is 0.267. The third kappa shape index (κ3) is 2.19. The standard InChI is InChI=1S/C15H13BrN2O2/c1-8-10(3-2-4-11(8)16)14(17)9-5-6-12-13(7-9)20-15(19)18-12/h2-7,14H,17H2,1H3,(H,18,19). The van der Waals surface area contributed by atoms with E-state index in [1.165, 1.54) is 0 Å². The number of benzene rings is 2. The summed E-state index contributed by atoms with van der Waals surface area (Å²) in [6, 6.07) is 11.2. The highest BCUT2D eigenvalue weighted by atomic mass is 79.9. The fraction of sp³-hybridized carbons (Fsp3) is 0.133. The third-order valence-electron chi connectivity index (χ3n) is 3.45. The zero-order chi connectivity index (χ0) is 14.3. The number of aromatic nitrogens is 1. The number of nitrogens with one attached hydrogen (secondary N) is 1. The minimum atomic E-state index is -0.454. The van der Waals surface area contributed by atoms with Crippen molar-refractivity contribution >= 4 is 27.0 Å². The van der Waals surface area contributed by atoms with Gasteiger partial charge in [0.15, 0.2) is 5.58 Å². The van der Waals surface area contributed by atoms with Crippen LogP contribution in [0.15, 0.2) is 50.1 Å². The number of hydrogen-bond acceptors (Lipinski definition) is 3. The monoisotopic (exact) mass is 332 g/mol. The highest BCUT2D eigenvalue weighted by Gasteiger charge is 2.14. The summed E-state index contributed by atoms with van der Waals surface area (Å²) in [5, 5.41) is 0. The summed E-state index contributed by atoms with van der Waals surface area (Å²) in [5.74, 6) is -0.454. The molecule has 0 bridgehead atoms. The first-order chi connectivity index (χ1) is 9.56. The first kappa shape index (κ1) is 13.1. The number of aromatic amines is 1. The Hall–Kier alpha value is -1.85. The van der Waals surface area contributed by atoms with Crippen LogP contribution in [0.3, 0.4) is 0 Å². The molecule has 1 atom stereocenters. The summed E-state index contributed by atoms with van der Waals surface area (Å²) in [5.41, 5.74) is 10.6. The van der Waals surface area contributed by atoms with Crippen molar-refractivity contribution in [1.29, 1.82) is 0 Å². The van der Waals surface area contributed by atoms with Crippen LogP contribution in [-0.4, -0.2) is 4.98 Å². The summed E-state index contributed by atoms with van der Waals surface area (Å²) in [6.45, 7) is 2.02. The number of rotatable bonds is 2. The molecule has 1 unspecified atom stereocenters. The van der Waals surface area contributed by atoms with Crippen LogP contribution >= 0.6 is 15.9 Å². The van der Waals surface area contributed by atoms with Gasteiger partial charge in [0.2, 0.25) is 0 Å². The van der Waals surface area contributed by atoms with Crippen LogP contribution in [0.2, 0.25) is 0 Å². The van der Waals surface area contributed by atoms with Crippen molar-refractivity contribution in [2.75, 3.05) is 0 Å². The molecule has 0 saturated heterocycles. The predicted octanol–water partition coefficient (Wildman–Crippen LogP) is 3.24. The van der Waals surface area contributed by atoms with E-state index in [-0.39, 0.29) is 6.04 Å². The van der Waals surface area contributed by atoms with Gasteiger partial charge >= 0.3 is 5.76 Å². The first-order valence-electron chi connectivity index (χ1n) is 6.19. The molecule has 0 fully saturated rings. The van der Waals surface area contributed by atoms with E-state index in [2.05, 4.69) is 20.9 Å². The van der Waals surface area contributed by atoms with Gasteiger partial charge in [-0.1, -0.05) is 34.1 Å². The van der Waals surface area contributed by atoms with E-state index in [0.29, 0.717) is 11.1 Å². The van der Waals surface area contributed by atoms with Gasteiger partial charge in [0.05, 0.1) is 11.6 Å². The van der Waals surface area contributed by atoms with Gasteiger partial charge < -0.3 is 10.2 Å². The molecule has 0 radical (unpaired) electrons. The molecule has 102 valence electrons. The number of H-pyrrole nitrogens is 1. The smallest absolute Gasteiger partial charge is 0.408 e. The van der Waals surface area contributed by atoms with Crippen molar-refractivity contribution in [2.24, 2.45) is 5.73 Å². The topological polar surface area (TPSA) is 72.0 Å². The maximum atomic E-state index is 11.2. The number of oxazole rings is 1. The molecular weight excluding hydrogens is 320 g/mol. The van der Waals surface area contributed by atoms with Gasteiger partial charge in [-0.3, -0.25) is 4.98 Å². The molecule has 3 N–H and O–H groups in total. The van der Waals surface area contributed by atoms with Crippen molar-refractivity contribution in [3.8, 4) is 0 Å². The molecular formula is C15H13BrN2O2. The van der Waals surface area contributed by atoms with Crippen molar-refractivity contribution < 1.29 is 4.42 Å². The van der Waals surface area contributed by atoms with E-state index in [1.807, 2.05) is 37.3 Å². The molecule has 2 aromatic carbocycles. The first-order valence-corrected chi connectivity index (χ1v) is 6.99. The summed E-state index contributed by atoms with van der Waals surface area (Å²) >= 11 is 3.51. The molecule has 0 aliphatic heterocycles. The SMILES string of the molecule is Cc1c(Br)cccc1C(N)c1ccc2[nH]c(=O)oc2c1. The van der Waals surface area contributed by atoms with Gasteiger partial charge in [0, 0.05) is 4.47 Å². The molecule has 1 aromatic heterocycles. The second-order valence-corrected chi connectivity index (χ2v) is 5.56. The summed E-state index contributed by atoms with van der Waals surface area (Å²) in [4.78, 5) is 13.8. The zero-order valence-electron chi connectivity index (χ0n) is 10.8. The molecule has 3 aromatic rings. The van der Waals surface area contributed by atoms with Crippen molar-refractivity contribution in [3.63, 3.8) is 0 Å². The van der Waals surface area contributed by atoms with Crippen LogP contribution in [0.5, 0.6) is 0 Å². The van der Waals surface area contributed by atoms with Crippen LogP contribution in [0.1, 0.15) is 22.7 Å². The second kappa shape index (κ2) is 4.92. The molecule has 3 rings (SSSR count). The predicted molar refractivity (Wildman–Crippen MR) is 81.7 cm³/mol. The van der Waals surface area contributed by atoms with E-state index in [0.717, 1.165) is 21.2 Å². The van der Waals surface area contributed by atoms with E-state index in [9.17, 15) is 4.79 Å². The van der Waals surface area contributed by atoms with E-state index in [1.54, 1.807) is 6.07 Å². The lowest BCUT2D eigenvalue weighted by molar-refractivity contribution is 0.555. The van der Waals surface area contributed by atoms with Crippen molar-refractivity contribution in [1.82, 2.24) is 4.98 Å². The molecule has 0 aliphatic carbocycles. The Morgan fingerprint density at radius 3 is 2.90 bits per heavy atom. The average Bonchev–Trinajstić information content (AvgIpc) is 2.80. The Kier molecular flexibility index (Phi) is 3.23. The van der Waals surface area contributed by atoms with Gasteiger partial charge in [-0.05, 0) is 41.8 Å². The lowest BCUT2D eigenvalue weighted by Crippen LogP contribution is -2.13. The third-order valence-corrected chi connectivity index (χ3v) is 4.31. The fourth-order valence-corrected chi connectivity index (χ4v) is 2.68. The molecule has 0 spiro atoms. The largest absolute Gasteiger partial charge is 0.417 e. The van der Waals surface area contributed by atoms with Crippen LogP contribution < -0.4 is 11.5 Å². The molecule has 0 saturated carbocycles. The normalized spacial score (nSPS) is 12.8. The molecule has 0 aliphatic rings. The number of hydrogen-bond donors (Lipinski definition) is 2. The Balaban J connectivity index is 2.09. The number of nitrogens with two attached hydrogens (primary N) is 1.